The highest BCUT2D eigenvalue weighted by Crippen LogP contribution is 2.39. The second-order valence-electron chi connectivity index (χ2n) is 14.8. The van der Waals surface area contributed by atoms with Gasteiger partial charge in [-0.2, -0.15) is 0 Å². The molecule has 276 valence electrons. The molecule has 59 heavy (non-hydrogen) atoms. The molecule has 0 aliphatic carbocycles. The van der Waals surface area contributed by atoms with Gasteiger partial charge in [-0.15, -0.1) is 0 Å². The van der Waals surface area contributed by atoms with Crippen LogP contribution in [-0.2, 0) is 0 Å². The first-order valence-electron chi connectivity index (χ1n) is 19.9. The van der Waals surface area contributed by atoms with E-state index in [1.54, 1.807) is 0 Å². The third kappa shape index (κ3) is 6.24. The van der Waals surface area contributed by atoms with Gasteiger partial charge in [0.2, 0.25) is 0 Å². The first-order chi connectivity index (χ1) is 29.2. The lowest BCUT2D eigenvalue weighted by Crippen LogP contribution is -2.04. The van der Waals surface area contributed by atoms with E-state index in [0.29, 0.717) is 17.5 Å². The Kier molecular flexibility index (Phi) is 8.45. The van der Waals surface area contributed by atoms with Gasteiger partial charge in [0.05, 0.1) is 16.7 Å². The van der Waals surface area contributed by atoms with Crippen molar-refractivity contribution >= 4 is 32.6 Å². The van der Waals surface area contributed by atoms with E-state index >= 15 is 0 Å². The van der Waals surface area contributed by atoms with Gasteiger partial charge in [-0.05, 0) is 74.5 Å². The van der Waals surface area contributed by atoms with Crippen molar-refractivity contribution < 1.29 is 0 Å². The van der Waals surface area contributed by atoms with Crippen LogP contribution in [0.15, 0.2) is 218 Å². The van der Waals surface area contributed by atoms with Gasteiger partial charge < -0.3 is 4.57 Å². The van der Waals surface area contributed by atoms with Gasteiger partial charge in [-0.1, -0.05) is 188 Å². The normalized spacial score (nSPS) is 11.4. The van der Waals surface area contributed by atoms with Gasteiger partial charge >= 0.3 is 0 Å². The molecule has 0 saturated heterocycles. The third-order valence-electron chi connectivity index (χ3n) is 11.3. The Bertz CT molecular complexity index is 3250. The fourth-order valence-corrected chi connectivity index (χ4v) is 8.40. The van der Waals surface area contributed by atoms with Crippen molar-refractivity contribution in [2.45, 2.75) is 0 Å². The van der Waals surface area contributed by atoms with E-state index in [2.05, 4.69) is 217 Å². The summed E-state index contributed by atoms with van der Waals surface area (Å²) in [4.78, 5) is 15.9. The van der Waals surface area contributed by atoms with Gasteiger partial charge in [-0.25, -0.2) is 15.0 Å². The monoisotopic (exact) mass is 752 g/mol. The van der Waals surface area contributed by atoms with Crippen LogP contribution in [0.2, 0.25) is 0 Å². The molecule has 0 N–H and O–H groups in total. The molecule has 11 rings (SSSR count). The van der Waals surface area contributed by atoms with Gasteiger partial charge in [0.1, 0.15) is 0 Å². The number of benzene rings is 9. The number of aromatic nitrogens is 4. The molecule has 0 aliphatic rings. The SMILES string of the molecule is c1ccc(-c2cccc(-c3nc(-c4ccc(-c5cccc6ccccc56)cc4)nc(-c4ccc(-c5ccccc5)cc4-n4c5ccccc5c5ccccc54)n3)c2)cc1. The summed E-state index contributed by atoms with van der Waals surface area (Å²) < 4.78 is 2.37. The zero-order chi connectivity index (χ0) is 39.1. The van der Waals surface area contributed by atoms with Crippen LogP contribution in [0.3, 0.4) is 0 Å². The van der Waals surface area contributed by atoms with E-state index in [1.807, 2.05) is 6.07 Å². The zero-order valence-corrected chi connectivity index (χ0v) is 32.1. The topological polar surface area (TPSA) is 43.6 Å². The minimum Gasteiger partial charge on any atom is -0.308 e. The Morgan fingerprint density at radius 1 is 0.271 bits per heavy atom. The summed E-state index contributed by atoms with van der Waals surface area (Å²) >= 11 is 0. The smallest absolute Gasteiger partial charge is 0.166 e. The molecular weight excluding hydrogens is 717 g/mol. The molecule has 11 aromatic rings. The quantitative estimate of drug-likeness (QED) is 0.163. The molecule has 0 unspecified atom stereocenters. The second-order valence-corrected chi connectivity index (χ2v) is 14.8. The maximum atomic E-state index is 5.33. The number of fused-ring (bicyclic) bond motifs is 4. The molecule has 9 aromatic carbocycles. The van der Waals surface area contributed by atoms with Crippen molar-refractivity contribution in [3.63, 3.8) is 0 Å². The average Bonchev–Trinajstić information content (AvgIpc) is 3.66. The molecular formula is C55H36N4. The van der Waals surface area contributed by atoms with E-state index in [0.717, 1.165) is 61.2 Å². The van der Waals surface area contributed by atoms with E-state index in [4.69, 9.17) is 15.0 Å². The maximum absolute atomic E-state index is 5.33. The molecule has 0 atom stereocenters. The standard InChI is InChI=1S/C55H36N4/c1-3-15-37(16-4-1)42-21-13-22-44(35-42)54-56-53(41-31-29-40(30-32-41)46-26-14-20-39-19-7-8-23-45(39)46)57-55(58-54)49-34-33-43(38-17-5-2-6-18-38)36-52(49)59-50-27-11-9-24-47(50)48-25-10-12-28-51(48)59/h1-36H. The van der Waals surface area contributed by atoms with Gasteiger partial charge in [-0.3, -0.25) is 0 Å². The summed E-state index contributed by atoms with van der Waals surface area (Å²) in [6, 6.07) is 77.0. The summed E-state index contributed by atoms with van der Waals surface area (Å²) in [5, 5.41) is 4.83. The Labute approximate surface area is 342 Å². The molecule has 0 spiro atoms. The molecule has 0 bridgehead atoms. The molecule has 0 saturated carbocycles. The minimum atomic E-state index is 0.602. The average molecular weight is 753 g/mol. The summed E-state index contributed by atoms with van der Waals surface area (Å²) in [6.07, 6.45) is 0. The van der Waals surface area contributed by atoms with Gasteiger partial charge in [0, 0.05) is 27.5 Å². The fourth-order valence-electron chi connectivity index (χ4n) is 8.40. The highest BCUT2D eigenvalue weighted by molar-refractivity contribution is 6.10. The van der Waals surface area contributed by atoms with Crippen LogP contribution >= 0.6 is 0 Å². The predicted molar refractivity (Wildman–Crippen MR) is 244 cm³/mol. The Morgan fingerprint density at radius 2 is 0.746 bits per heavy atom. The van der Waals surface area contributed by atoms with Crippen LogP contribution in [0, 0.1) is 0 Å². The summed E-state index contributed by atoms with van der Waals surface area (Å²) in [5.41, 5.74) is 12.8. The summed E-state index contributed by atoms with van der Waals surface area (Å²) in [5.74, 6) is 1.82. The molecule has 0 amide bonds. The van der Waals surface area contributed by atoms with E-state index in [1.165, 1.54) is 27.1 Å². The summed E-state index contributed by atoms with van der Waals surface area (Å²) in [7, 11) is 0. The van der Waals surface area contributed by atoms with Crippen molar-refractivity contribution in [2.24, 2.45) is 0 Å². The first-order valence-corrected chi connectivity index (χ1v) is 19.9. The lowest BCUT2D eigenvalue weighted by molar-refractivity contribution is 1.06. The molecule has 0 fully saturated rings. The molecule has 2 aromatic heterocycles. The van der Waals surface area contributed by atoms with Crippen LogP contribution < -0.4 is 0 Å². The van der Waals surface area contributed by atoms with Crippen LogP contribution in [0.4, 0.5) is 0 Å². The van der Waals surface area contributed by atoms with E-state index in [-0.39, 0.29) is 0 Å². The van der Waals surface area contributed by atoms with E-state index in [9.17, 15) is 0 Å². The maximum Gasteiger partial charge on any atom is 0.166 e. The van der Waals surface area contributed by atoms with Crippen molar-refractivity contribution in [3.05, 3.63) is 218 Å². The zero-order valence-electron chi connectivity index (χ0n) is 32.1. The predicted octanol–water partition coefficient (Wildman–Crippen LogP) is 14.1. The number of rotatable bonds is 7. The molecule has 0 radical (unpaired) electrons. The molecule has 0 aliphatic heterocycles. The number of hydrogen-bond donors (Lipinski definition) is 0. The molecule has 2 heterocycles. The Morgan fingerprint density at radius 3 is 1.44 bits per heavy atom. The fraction of sp³-hybridized carbons (Fsp3) is 0. The third-order valence-corrected chi connectivity index (χ3v) is 11.3. The number of hydrogen-bond acceptors (Lipinski definition) is 3. The largest absolute Gasteiger partial charge is 0.308 e. The van der Waals surface area contributed by atoms with Crippen LogP contribution in [0.5, 0.6) is 0 Å². The Hall–Kier alpha value is -7.95. The number of nitrogens with zero attached hydrogens (tertiary/aromatic N) is 4. The van der Waals surface area contributed by atoms with Crippen LogP contribution in [0.1, 0.15) is 0 Å². The van der Waals surface area contributed by atoms with Gasteiger partial charge in [0.25, 0.3) is 0 Å². The van der Waals surface area contributed by atoms with Gasteiger partial charge in [0.15, 0.2) is 17.5 Å². The van der Waals surface area contributed by atoms with Crippen molar-refractivity contribution in [3.8, 4) is 73.2 Å². The lowest BCUT2D eigenvalue weighted by atomic mass is 9.97. The Balaban J connectivity index is 1.14. The summed E-state index contributed by atoms with van der Waals surface area (Å²) in [6.45, 7) is 0. The van der Waals surface area contributed by atoms with Crippen LogP contribution in [-0.4, -0.2) is 19.5 Å². The number of para-hydroxylation sites is 2. The second kappa shape index (κ2) is 14.5. The minimum absolute atomic E-state index is 0.602. The molecule has 4 nitrogen and oxygen atoms in total. The molecule has 4 heteroatoms. The van der Waals surface area contributed by atoms with Crippen molar-refractivity contribution in [1.29, 1.82) is 0 Å². The van der Waals surface area contributed by atoms with Crippen molar-refractivity contribution in [1.82, 2.24) is 19.5 Å². The van der Waals surface area contributed by atoms with Crippen molar-refractivity contribution in [2.75, 3.05) is 0 Å². The lowest BCUT2D eigenvalue weighted by Gasteiger charge is -2.16. The van der Waals surface area contributed by atoms with Crippen LogP contribution in [0.25, 0.3) is 106 Å². The van der Waals surface area contributed by atoms with E-state index < -0.39 is 0 Å². The highest BCUT2D eigenvalue weighted by Gasteiger charge is 2.20. The first kappa shape index (κ1) is 34.3. The highest BCUT2D eigenvalue weighted by atomic mass is 15.1.